The first-order valence-electron chi connectivity index (χ1n) is 9.94. The van der Waals surface area contributed by atoms with Gasteiger partial charge in [0.2, 0.25) is 0 Å². The highest BCUT2D eigenvalue weighted by Crippen LogP contribution is 2.62. The average Bonchev–Trinajstić information content (AvgIpc) is 2.95. The van der Waals surface area contributed by atoms with Crippen LogP contribution < -0.4 is 0 Å². The van der Waals surface area contributed by atoms with E-state index in [2.05, 4.69) is 36.8 Å². The number of fused-ring (bicyclic) bond motifs is 5. The largest absolute Gasteiger partial charge is 0.365 e. The highest BCUT2D eigenvalue weighted by molar-refractivity contribution is 5.21. The molecule has 0 aromatic heterocycles. The fourth-order valence-corrected chi connectivity index (χ4v) is 6.87. The van der Waals surface area contributed by atoms with Crippen molar-refractivity contribution in [2.24, 2.45) is 35.0 Å². The summed E-state index contributed by atoms with van der Waals surface area (Å²) in [5, 5.41) is 0. The molecule has 0 saturated heterocycles. The van der Waals surface area contributed by atoms with Gasteiger partial charge in [0.05, 0.1) is 6.10 Å². The molecule has 4 rings (SSSR count). The first kappa shape index (κ1) is 16.3. The summed E-state index contributed by atoms with van der Waals surface area (Å²) in [6.07, 6.45) is 21.4. The van der Waals surface area contributed by atoms with E-state index >= 15 is 0 Å². The number of allylic oxidation sites excluding steroid dienone is 2. The van der Waals surface area contributed by atoms with Crippen molar-refractivity contribution in [3.05, 3.63) is 12.2 Å². The van der Waals surface area contributed by atoms with Crippen LogP contribution in [0.15, 0.2) is 12.2 Å². The minimum atomic E-state index is 0.371. The summed E-state index contributed by atoms with van der Waals surface area (Å²) in [5.41, 5.74) is 0.371. The fraction of sp³-hybridized carbons (Fsp3) is 0.739. The second-order valence-corrected chi connectivity index (χ2v) is 8.75. The molecule has 0 N–H and O–H groups in total. The molecule has 3 saturated carbocycles. The molecule has 3 fully saturated rings. The Balaban J connectivity index is 1.47. The molecular weight excluding hydrogens is 292 g/mol. The van der Waals surface area contributed by atoms with Crippen LogP contribution in [-0.4, -0.2) is 12.7 Å². The third-order valence-electron chi connectivity index (χ3n) is 7.96. The minimum Gasteiger partial charge on any atom is -0.365 e. The van der Waals surface area contributed by atoms with Crippen LogP contribution >= 0.6 is 0 Å². The Labute approximate surface area is 147 Å². The van der Waals surface area contributed by atoms with Crippen molar-refractivity contribution < 1.29 is 4.74 Å². The SMILES string of the molecule is C#CC#CCO[C@@H]1CC[C@H]2[C@@H]3CCC4CC=CC[C@@H]4[C@H]3CC[C@]12C. The Morgan fingerprint density at radius 2 is 1.92 bits per heavy atom. The van der Waals surface area contributed by atoms with Crippen LogP contribution in [0.4, 0.5) is 0 Å². The molecule has 0 heterocycles. The molecule has 1 unspecified atom stereocenters. The summed E-state index contributed by atoms with van der Waals surface area (Å²) in [6, 6.07) is 0. The van der Waals surface area contributed by atoms with E-state index in [1.54, 1.807) is 0 Å². The van der Waals surface area contributed by atoms with Gasteiger partial charge >= 0.3 is 0 Å². The molecule has 0 aromatic rings. The van der Waals surface area contributed by atoms with Crippen molar-refractivity contribution in [3.8, 4) is 24.2 Å². The molecule has 0 spiro atoms. The van der Waals surface area contributed by atoms with Crippen LogP contribution in [0.1, 0.15) is 58.3 Å². The summed E-state index contributed by atoms with van der Waals surface area (Å²) >= 11 is 0. The second kappa shape index (κ2) is 6.61. The molecule has 0 bridgehead atoms. The number of hydrogen-bond acceptors (Lipinski definition) is 1. The van der Waals surface area contributed by atoms with Gasteiger partial charge in [0, 0.05) is 0 Å². The summed E-state index contributed by atoms with van der Waals surface area (Å²) < 4.78 is 6.18. The van der Waals surface area contributed by atoms with Crippen molar-refractivity contribution in [1.29, 1.82) is 0 Å². The molecule has 24 heavy (non-hydrogen) atoms. The first-order chi connectivity index (χ1) is 11.7. The van der Waals surface area contributed by atoms with Gasteiger partial charge in [-0.05, 0) is 98.2 Å². The van der Waals surface area contributed by atoms with E-state index in [1.807, 2.05) is 0 Å². The number of hydrogen-bond donors (Lipinski definition) is 0. The zero-order valence-corrected chi connectivity index (χ0v) is 15.0. The maximum atomic E-state index is 6.18. The van der Waals surface area contributed by atoms with Crippen LogP contribution in [0, 0.1) is 59.2 Å². The molecular formula is C23H30O. The van der Waals surface area contributed by atoms with E-state index in [0.29, 0.717) is 18.1 Å². The Kier molecular flexibility index (Phi) is 4.49. The molecule has 128 valence electrons. The number of terminal acetylenes is 1. The van der Waals surface area contributed by atoms with E-state index in [9.17, 15) is 0 Å². The van der Waals surface area contributed by atoms with Crippen molar-refractivity contribution in [2.75, 3.05) is 6.61 Å². The molecule has 0 aliphatic heterocycles. The van der Waals surface area contributed by atoms with E-state index in [1.165, 1.54) is 51.4 Å². The minimum absolute atomic E-state index is 0.371. The molecule has 0 aromatic carbocycles. The lowest BCUT2D eigenvalue weighted by molar-refractivity contribution is -0.0899. The lowest BCUT2D eigenvalue weighted by Crippen LogP contribution is -2.49. The van der Waals surface area contributed by atoms with Gasteiger partial charge in [0.25, 0.3) is 0 Å². The van der Waals surface area contributed by atoms with Crippen LogP contribution in [-0.2, 0) is 4.74 Å². The van der Waals surface area contributed by atoms with E-state index in [0.717, 1.165) is 29.6 Å². The zero-order chi connectivity index (χ0) is 16.6. The topological polar surface area (TPSA) is 9.23 Å². The van der Waals surface area contributed by atoms with Gasteiger partial charge in [-0.2, -0.15) is 0 Å². The molecule has 0 radical (unpaired) electrons. The van der Waals surface area contributed by atoms with Gasteiger partial charge in [-0.25, -0.2) is 0 Å². The molecule has 0 amide bonds. The maximum Gasteiger partial charge on any atom is 0.109 e. The Morgan fingerprint density at radius 3 is 2.79 bits per heavy atom. The van der Waals surface area contributed by atoms with E-state index < -0.39 is 0 Å². The average molecular weight is 322 g/mol. The first-order valence-corrected chi connectivity index (χ1v) is 9.94. The van der Waals surface area contributed by atoms with Gasteiger partial charge in [-0.1, -0.05) is 25.0 Å². The monoisotopic (exact) mass is 322 g/mol. The van der Waals surface area contributed by atoms with Gasteiger partial charge in [0.15, 0.2) is 0 Å². The van der Waals surface area contributed by atoms with Crippen molar-refractivity contribution >= 4 is 0 Å². The van der Waals surface area contributed by atoms with Crippen LogP contribution in [0.2, 0.25) is 0 Å². The quantitative estimate of drug-likeness (QED) is 0.523. The predicted octanol–water partition coefficient (Wildman–Crippen LogP) is 4.83. The van der Waals surface area contributed by atoms with Crippen LogP contribution in [0.25, 0.3) is 0 Å². The highest BCUT2D eigenvalue weighted by Gasteiger charge is 2.56. The molecule has 7 atom stereocenters. The fourth-order valence-electron chi connectivity index (χ4n) is 6.87. The van der Waals surface area contributed by atoms with Crippen LogP contribution in [0.3, 0.4) is 0 Å². The molecule has 4 aliphatic rings. The predicted molar refractivity (Wildman–Crippen MR) is 98.0 cm³/mol. The van der Waals surface area contributed by atoms with E-state index in [-0.39, 0.29) is 0 Å². The van der Waals surface area contributed by atoms with Gasteiger partial charge in [0.1, 0.15) is 6.61 Å². The summed E-state index contributed by atoms with van der Waals surface area (Å²) in [6.45, 7) is 3.01. The maximum absolute atomic E-state index is 6.18. The lowest BCUT2D eigenvalue weighted by atomic mass is 9.51. The van der Waals surface area contributed by atoms with Crippen molar-refractivity contribution in [2.45, 2.75) is 64.4 Å². The third kappa shape index (κ3) is 2.62. The molecule has 1 nitrogen and oxygen atoms in total. The van der Waals surface area contributed by atoms with Gasteiger partial charge < -0.3 is 4.74 Å². The molecule has 1 heteroatoms. The van der Waals surface area contributed by atoms with Gasteiger partial charge in [-0.3, -0.25) is 0 Å². The Bertz CT molecular complexity index is 600. The lowest BCUT2D eigenvalue weighted by Gasteiger charge is -2.55. The van der Waals surface area contributed by atoms with Gasteiger partial charge in [-0.15, -0.1) is 6.42 Å². The normalized spacial score (nSPS) is 46.0. The summed E-state index contributed by atoms with van der Waals surface area (Å²) in [7, 11) is 0. The third-order valence-corrected chi connectivity index (χ3v) is 7.96. The number of ether oxygens (including phenoxy) is 1. The Morgan fingerprint density at radius 1 is 1.04 bits per heavy atom. The van der Waals surface area contributed by atoms with Crippen LogP contribution in [0.5, 0.6) is 0 Å². The summed E-state index contributed by atoms with van der Waals surface area (Å²) in [5.74, 6) is 12.8. The molecule has 4 aliphatic carbocycles. The van der Waals surface area contributed by atoms with Crippen molar-refractivity contribution in [1.82, 2.24) is 0 Å². The standard InChI is InChI=1S/C23H30O/c1-3-4-7-16-24-22-13-12-21-20-11-10-17-8-5-6-9-18(17)19(20)14-15-23(21,22)2/h1,5-6,17-22H,8-16H2,2H3/t17?,18-,19+,20+,21-,22+,23-/m0/s1. The number of rotatable bonds is 2. The second-order valence-electron chi connectivity index (χ2n) is 8.75. The zero-order valence-electron chi connectivity index (χ0n) is 15.0. The summed E-state index contributed by atoms with van der Waals surface area (Å²) in [4.78, 5) is 0. The van der Waals surface area contributed by atoms with Crippen molar-refractivity contribution in [3.63, 3.8) is 0 Å². The highest BCUT2D eigenvalue weighted by atomic mass is 16.5. The van der Waals surface area contributed by atoms with E-state index in [4.69, 9.17) is 11.2 Å². The Hall–Kier alpha value is -1.18. The smallest absolute Gasteiger partial charge is 0.109 e.